The molecule has 0 aromatic carbocycles. The van der Waals surface area contributed by atoms with Gasteiger partial charge in [-0.1, -0.05) is 69.2 Å². The molecular weight excluding hydrogens is 532 g/mol. The van der Waals surface area contributed by atoms with Crippen LogP contribution in [0.15, 0.2) is 47.1 Å². The van der Waals surface area contributed by atoms with E-state index in [-0.39, 0.29) is 51.7 Å². The lowest BCUT2D eigenvalue weighted by molar-refractivity contribution is -0.142. The summed E-state index contributed by atoms with van der Waals surface area (Å²) in [5.74, 6) is 2.41. The first kappa shape index (κ1) is 29.2. The quantitative estimate of drug-likeness (QED) is 0.258. The van der Waals surface area contributed by atoms with Crippen LogP contribution in [-0.4, -0.2) is 45.2 Å². The van der Waals surface area contributed by atoms with Gasteiger partial charge in [0.2, 0.25) is 0 Å². The molecule has 236 valence electrons. The smallest absolute Gasteiger partial charge is 0.0922 e. The van der Waals surface area contributed by atoms with E-state index in [0.29, 0.717) is 30.1 Å². The molecule has 0 aliphatic heterocycles. The maximum Gasteiger partial charge on any atom is 0.0922 e. The summed E-state index contributed by atoms with van der Waals surface area (Å²) in [6.45, 7) is 9.56. The minimum Gasteiger partial charge on any atom is -0.393 e. The molecule has 0 amide bonds. The van der Waals surface area contributed by atoms with Crippen LogP contribution in [0.3, 0.4) is 0 Å². The van der Waals surface area contributed by atoms with Crippen LogP contribution in [0.1, 0.15) is 98.3 Å². The number of rotatable bonds is 1. The maximum atomic E-state index is 13.4. The number of aliphatic hydroxyl groups excluding tert-OH is 2. The molecule has 6 saturated carbocycles. The Morgan fingerprint density at radius 1 is 0.744 bits per heavy atom. The van der Waals surface area contributed by atoms with Gasteiger partial charge in [-0.3, -0.25) is 0 Å². The van der Waals surface area contributed by atoms with Gasteiger partial charge in [-0.05, 0) is 117 Å². The van der Waals surface area contributed by atoms with Crippen LogP contribution in [0.2, 0.25) is 0 Å². The van der Waals surface area contributed by atoms with Crippen LogP contribution < -0.4 is 11.5 Å². The molecule has 0 spiro atoms. The van der Waals surface area contributed by atoms with Gasteiger partial charge in [0.25, 0.3) is 0 Å². The van der Waals surface area contributed by atoms with E-state index in [9.17, 15) is 15.3 Å². The lowest BCUT2D eigenvalue weighted by Gasteiger charge is -2.63. The van der Waals surface area contributed by atoms with Gasteiger partial charge in [-0.25, -0.2) is 0 Å². The number of nitrogens with two attached hydrogens (primary N) is 2. The van der Waals surface area contributed by atoms with Gasteiger partial charge in [0.1, 0.15) is 0 Å². The lowest BCUT2D eigenvalue weighted by Crippen LogP contribution is -2.61. The zero-order valence-corrected chi connectivity index (χ0v) is 26.9. The van der Waals surface area contributed by atoms with Crippen molar-refractivity contribution >= 4 is 0 Å². The number of hydrogen-bond donors (Lipinski definition) is 5. The second kappa shape index (κ2) is 9.18. The molecule has 7 N–H and O–H groups in total. The maximum absolute atomic E-state index is 13.4. The first-order valence-electron chi connectivity index (χ1n) is 17.7. The fourth-order valence-electron chi connectivity index (χ4n) is 13.8. The van der Waals surface area contributed by atoms with Gasteiger partial charge >= 0.3 is 0 Å². The van der Waals surface area contributed by atoms with E-state index in [1.165, 1.54) is 23.1 Å². The zero-order chi connectivity index (χ0) is 30.3. The highest BCUT2D eigenvalue weighted by Crippen LogP contribution is 2.73. The fraction of sp³-hybridized carbons (Fsp3) is 0.789. The molecule has 0 aromatic heterocycles. The van der Waals surface area contributed by atoms with Crippen LogP contribution >= 0.6 is 0 Å². The molecule has 8 rings (SSSR count). The normalized spacial score (nSPS) is 58.6. The molecule has 0 bridgehead atoms. The second-order valence-corrected chi connectivity index (χ2v) is 17.4. The zero-order valence-electron chi connectivity index (χ0n) is 26.9. The Balaban J connectivity index is 1.17. The molecule has 0 saturated heterocycles. The van der Waals surface area contributed by atoms with Gasteiger partial charge in [0.15, 0.2) is 0 Å². The van der Waals surface area contributed by atoms with E-state index in [4.69, 9.17) is 11.5 Å². The minimum absolute atomic E-state index is 0.0332. The Kier molecular flexibility index (Phi) is 6.23. The number of hydrogen-bond acceptors (Lipinski definition) is 5. The van der Waals surface area contributed by atoms with E-state index in [2.05, 4.69) is 58.1 Å². The van der Waals surface area contributed by atoms with Gasteiger partial charge < -0.3 is 26.8 Å². The molecule has 8 aliphatic carbocycles. The molecule has 0 aromatic rings. The Morgan fingerprint density at radius 2 is 1.47 bits per heavy atom. The molecule has 15 atom stereocenters. The topological polar surface area (TPSA) is 113 Å². The molecule has 0 heterocycles. The van der Waals surface area contributed by atoms with Crippen LogP contribution in [0.25, 0.3) is 0 Å². The molecule has 5 unspecified atom stereocenters. The van der Waals surface area contributed by atoms with Crippen molar-refractivity contribution in [3.8, 4) is 0 Å². The van der Waals surface area contributed by atoms with E-state index in [1.807, 2.05) is 0 Å². The monoisotopic (exact) mass is 588 g/mol. The minimum atomic E-state index is -0.937. The van der Waals surface area contributed by atoms with Crippen LogP contribution in [0, 0.1) is 57.2 Å². The largest absolute Gasteiger partial charge is 0.393 e. The average molecular weight is 589 g/mol. The summed E-state index contributed by atoms with van der Waals surface area (Å²) in [4.78, 5) is 0. The van der Waals surface area contributed by atoms with Crippen LogP contribution in [-0.2, 0) is 0 Å². The van der Waals surface area contributed by atoms with Crippen molar-refractivity contribution in [3.05, 3.63) is 47.1 Å². The molecule has 6 fully saturated rings. The molecule has 5 heteroatoms. The van der Waals surface area contributed by atoms with Gasteiger partial charge in [-0.2, -0.15) is 0 Å². The van der Waals surface area contributed by atoms with Crippen molar-refractivity contribution in [2.24, 2.45) is 68.6 Å². The van der Waals surface area contributed by atoms with Crippen LogP contribution in [0.4, 0.5) is 0 Å². The third kappa shape index (κ3) is 3.53. The van der Waals surface area contributed by atoms with Crippen molar-refractivity contribution in [2.75, 3.05) is 0 Å². The van der Waals surface area contributed by atoms with E-state index in [0.717, 1.165) is 57.8 Å². The molecule has 5 nitrogen and oxygen atoms in total. The first-order valence-corrected chi connectivity index (χ1v) is 17.7. The van der Waals surface area contributed by atoms with Crippen molar-refractivity contribution < 1.29 is 15.3 Å². The Labute approximate surface area is 258 Å². The fourth-order valence-corrected chi connectivity index (χ4v) is 13.8. The van der Waals surface area contributed by atoms with E-state index in [1.54, 1.807) is 0 Å². The van der Waals surface area contributed by atoms with Gasteiger partial charge in [-0.15, -0.1) is 0 Å². The summed E-state index contributed by atoms with van der Waals surface area (Å²) in [5, 5.41) is 36.2. The number of fused-ring (bicyclic) bond motifs is 10. The third-order valence-corrected chi connectivity index (χ3v) is 16.2. The number of aliphatic hydroxyl groups is 3. The molecule has 0 radical (unpaired) electrons. The van der Waals surface area contributed by atoms with Gasteiger partial charge in [0.05, 0.1) is 17.8 Å². The lowest BCUT2D eigenvalue weighted by atomic mass is 9.42. The van der Waals surface area contributed by atoms with Crippen molar-refractivity contribution in [1.82, 2.24) is 0 Å². The summed E-state index contributed by atoms with van der Waals surface area (Å²) < 4.78 is 0. The Bertz CT molecular complexity index is 1330. The number of allylic oxidation sites excluding steroid dienone is 2. The van der Waals surface area contributed by atoms with E-state index < -0.39 is 11.7 Å². The Hall–Kier alpha value is -1.24. The summed E-state index contributed by atoms with van der Waals surface area (Å²) >= 11 is 0. The van der Waals surface area contributed by atoms with Crippen molar-refractivity contribution in [2.45, 2.75) is 128 Å². The Morgan fingerprint density at radius 3 is 2.26 bits per heavy atom. The standard InChI is InChI=1S/C38H56N2O3/c1-34-13-9-23(39)18-22(34)19-30(41)33-28(34)11-15-36(3)29(33)12-16-38(36,43)31-20-24(40)17-21-5-6-25-26-7-8-32(42)35(26,2)14-10-27(25)37(21,31)4/h9,13,17-18,20,23-30,32-33,41-43H,5-8,10-12,14-16,19,39-40H2,1-4H3/t23?,24?,25-,26-,27+,28+,29-,30?,32?,33+,34-,35-,36-,37-,38?/m0/s1. The van der Waals surface area contributed by atoms with E-state index >= 15 is 0 Å². The highest BCUT2D eigenvalue weighted by Gasteiger charge is 2.70. The van der Waals surface area contributed by atoms with Gasteiger partial charge in [0, 0.05) is 28.3 Å². The SMILES string of the molecule is C[C@@]12C(=CC(N)C=C1C1(O)CC[C@H]3[C@@H]4C(O)CC5=CC(N)C=C[C@]5(C)[C@@H]4CC[C@@]31C)CC[C@@H]1[C@H]2CC[C@]2(C)C(O)CC[C@@H]12. The highest BCUT2D eigenvalue weighted by atomic mass is 16.3. The second-order valence-electron chi connectivity index (χ2n) is 17.4. The van der Waals surface area contributed by atoms with Crippen LogP contribution in [0.5, 0.6) is 0 Å². The van der Waals surface area contributed by atoms with Crippen molar-refractivity contribution in [1.29, 1.82) is 0 Å². The molecule has 8 aliphatic rings. The summed E-state index contributed by atoms with van der Waals surface area (Å²) in [6.07, 6.45) is 21.6. The highest BCUT2D eigenvalue weighted by molar-refractivity contribution is 5.47. The third-order valence-electron chi connectivity index (χ3n) is 16.2. The average Bonchev–Trinajstić information content (AvgIpc) is 3.42. The summed E-state index contributed by atoms with van der Waals surface area (Å²) in [6, 6.07) is -0.226. The summed E-state index contributed by atoms with van der Waals surface area (Å²) in [5.41, 5.74) is 15.6. The predicted octanol–water partition coefficient (Wildman–Crippen LogP) is 5.55. The predicted molar refractivity (Wildman–Crippen MR) is 170 cm³/mol. The van der Waals surface area contributed by atoms with Crippen molar-refractivity contribution in [3.63, 3.8) is 0 Å². The summed E-state index contributed by atoms with van der Waals surface area (Å²) in [7, 11) is 0. The first-order chi connectivity index (χ1) is 20.3. The molecular formula is C38H56N2O3. The molecule has 43 heavy (non-hydrogen) atoms.